The number of hydrogen-bond acceptors (Lipinski definition) is 3. The number of amides is 1. The van der Waals surface area contributed by atoms with Gasteiger partial charge in [0.1, 0.15) is 0 Å². The molecule has 29 heavy (non-hydrogen) atoms. The van der Waals surface area contributed by atoms with Crippen LogP contribution < -0.4 is 10.6 Å². The smallest absolute Gasteiger partial charge is 0.253 e. The molecule has 5 nitrogen and oxygen atoms in total. The number of aliphatic imine (C=N–C) groups is 1. The van der Waals surface area contributed by atoms with Crippen molar-refractivity contribution in [2.75, 3.05) is 32.9 Å². The third-order valence-electron chi connectivity index (χ3n) is 4.30. The summed E-state index contributed by atoms with van der Waals surface area (Å²) in [5.41, 5.74) is 4.42. The SMILES string of the molecule is CCNC(=NCc1ccc(C(=O)N(C)C)cc1)NCCSCc1ccc(C)cc1. The minimum atomic E-state index is 0.0122. The summed E-state index contributed by atoms with van der Waals surface area (Å²) in [4.78, 5) is 18.2. The predicted molar refractivity (Wildman–Crippen MR) is 125 cm³/mol. The van der Waals surface area contributed by atoms with Gasteiger partial charge in [-0.05, 0) is 37.1 Å². The summed E-state index contributed by atoms with van der Waals surface area (Å²) in [7, 11) is 3.52. The van der Waals surface area contributed by atoms with E-state index in [9.17, 15) is 4.79 Å². The van der Waals surface area contributed by atoms with Crippen LogP contribution in [0.25, 0.3) is 0 Å². The maximum Gasteiger partial charge on any atom is 0.253 e. The van der Waals surface area contributed by atoms with E-state index in [4.69, 9.17) is 0 Å². The van der Waals surface area contributed by atoms with E-state index in [0.29, 0.717) is 12.1 Å². The molecule has 0 fully saturated rings. The van der Waals surface area contributed by atoms with Gasteiger partial charge in [-0.3, -0.25) is 4.79 Å². The van der Waals surface area contributed by atoms with E-state index in [1.807, 2.05) is 36.0 Å². The van der Waals surface area contributed by atoms with E-state index >= 15 is 0 Å². The molecule has 156 valence electrons. The van der Waals surface area contributed by atoms with Gasteiger partial charge in [-0.2, -0.15) is 11.8 Å². The first-order valence-corrected chi connectivity index (χ1v) is 11.1. The fraction of sp³-hybridized carbons (Fsp3) is 0.391. The monoisotopic (exact) mass is 412 g/mol. The van der Waals surface area contributed by atoms with E-state index in [1.54, 1.807) is 19.0 Å². The lowest BCUT2D eigenvalue weighted by Gasteiger charge is -2.12. The normalized spacial score (nSPS) is 11.2. The summed E-state index contributed by atoms with van der Waals surface area (Å²) >= 11 is 1.91. The molecule has 0 radical (unpaired) electrons. The molecule has 0 atom stereocenters. The molecule has 2 aromatic carbocycles. The number of nitrogens with zero attached hydrogens (tertiary/aromatic N) is 2. The number of guanidine groups is 1. The standard InChI is InChI=1S/C23H32N4OS/c1-5-24-23(25-14-15-29-17-20-8-6-18(2)7-9-20)26-16-19-10-12-21(13-11-19)22(28)27(3)4/h6-13H,5,14-17H2,1-4H3,(H2,24,25,26). The van der Waals surface area contributed by atoms with Gasteiger partial charge in [0.2, 0.25) is 0 Å². The first-order valence-electron chi connectivity index (χ1n) is 9.95. The van der Waals surface area contributed by atoms with Crippen molar-refractivity contribution in [3.63, 3.8) is 0 Å². The quantitative estimate of drug-likeness (QED) is 0.375. The molecule has 2 rings (SSSR count). The van der Waals surface area contributed by atoms with Crippen molar-refractivity contribution < 1.29 is 4.79 Å². The van der Waals surface area contributed by atoms with Gasteiger partial charge in [0.15, 0.2) is 5.96 Å². The largest absolute Gasteiger partial charge is 0.357 e. The molecule has 0 saturated carbocycles. The van der Waals surface area contributed by atoms with Crippen molar-refractivity contribution >= 4 is 23.6 Å². The summed E-state index contributed by atoms with van der Waals surface area (Å²) in [6, 6.07) is 16.3. The molecule has 0 aliphatic rings. The van der Waals surface area contributed by atoms with Crippen molar-refractivity contribution in [2.24, 2.45) is 4.99 Å². The Morgan fingerprint density at radius 2 is 1.66 bits per heavy atom. The van der Waals surface area contributed by atoms with Gasteiger partial charge in [0.05, 0.1) is 6.54 Å². The number of hydrogen-bond donors (Lipinski definition) is 2. The number of rotatable bonds is 9. The van der Waals surface area contributed by atoms with E-state index < -0.39 is 0 Å². The molecule has 0 saturated heterocycles. The van der Waals surface area contributed by atoms with Gasteiger partial charge in [-0.25, -0.2) is 4.99 Å². The molecule has 0 heterocycles. The van der Waals surface area contributed by atoms with Gasteiger partial charge in [-0.1, -0.05) is 42.0 Å². The zero-order valence-electron chi connectivity index (χ0n) is 17.9. The maximum absolute atomic E-state index is 12.0. The molecule has 6 heteroatoms. The van der Waals surface area contributed by atoms with Crippen LogP contribution >= 0.6 is 11.8 Å². The number of benzene rings is 2. The molecule has 0 aliphatic heterocycles. The number of carbonyl (C=O) groups excluding carboxylic acids is 1. The Kier molecular flexibility index (Phi) is 9.57. The lowest BCUT2D eigenvalue weighted by Crippen LogP contribution is -2.38. The lowest BCUT2D eigenvalue weighted by atomic mass is 10.1. The zero-order valence-corrected chi connectivity index (χ0v) is 18.7. The average Bonchev–Trinajstić information content (AvgIpc) is 2.72. The molecule has 0 spiro atoms. The number of nitrogens with one attached hydrogen (secondary N) is 2. The molecule has 2 N–H and O–H groups in total. The highest BCUT2D eigenvalue weighted by Gasteiger charge is 2.07. The second-order valence-corrected chi connectivity index (χ2v) is 8.16. The number of thioether (sulfide) groups is 1. The number of aryl methyl sites for hydroxylation is 1. The van der Waals surface area contributed by atoms with Crippen LogP contribution in [0, 0.1) is 6.92 Å². The van der Waals surface area contributed by atoms with E-state index in [0.717, 1.165) is 36.1 Å². The Morgan fingerprint density at radius 3 is 2.28 bits per heavy atom. The van der Waals surface area contributed by atoms with E-state index in [2.05, 4.69) is 53.7 Å². The topological polar surface area (TPSA) is 56.7 Å². The van der Waals surface area contributed by atoms with Crippen molar-refractivity contribution in [3.05, 3.63) is 70.8 Å². The van der Waals surface area contributed by atoms with Crippen LogP contribution in [0.3, 0.4) is 0 Å². The highest BCUT2D eigenvalue weighted by atomic mass is 32.2. The van der Waals surface area contributed by atoms with E-state index in [-0.39, 0.29) is 5.91 Å². The van der Waals surface area contributed by atoms with Gasteiger partial charge < -0.3 is 15.5 Å². The van der Waals surface area contributed by atoms with Crippen molar-refractivity contribution in [1.29, 1.82) is 0 Å². The van der Waals surface area contributed by atoms with Crippen LogP contribution in [0.5, 0.6) is 0 Å². The predicted octanol–water partition coefficient (Wildman–Crippen LogP) is 3.69. The third kappa shape index (κ3) is 8.20. The number of carbonyl (C=O) groups is 1. The molecule has 1 amide bonds. The highest BCUT2D eigenvalue weighted by Crippen LogP contribution is 2.12. The van der Waals surface area contributed by atoms with Gasteiger partial charge >= 0.3 is 0 Å². The summed E-state index contributed by atoms with van der Waals surface area (Å²) in [6.07, 6.45) is 0. The lowest BCUT2D eigenvalue weighted by molar-refractivity contribution is 0.0827. The minimum Gasteiger partial charge on any atom is -0.357 e. The summed E-state index contributed by atoms with van der Waals surface area (Å²) in [5, 5.41) is 6.67. The average molecular weight is 413 g/mol. The zero-order chi connectivity index (χ0) is 21.1. The third-order valence-corrected chi connectivity index (χ3v) is 5.33. The highest BCUT2D eigenvalue weighted by molar-refractivity contribution is 7.98. The van der Waals surface area contributed by atoms with Gasteiger partial charge in [0, 0.05) is 44.3 Å². The Bertz CT molecular complexity index is 786. The van der Waals surface area contributed by atoms with Crippen LogP contribution in [0.2, 0.25) is 0 Å². The van der Waals surface area contributed by atoms with E-state index in [1.165, 1.54) is 11.1 Å². The van der Waals surface area contributed by atoms with Crippen molar-refractivity contribution in [1.82, 2.24) is 15.5 Å². The first-order chi connectivity index (χ1) is 14.0. The van der Waals surface area contributed by atoms with Crippen molar-refractivity contribution in [3.8, 4) is 0 Å². The van der Waals surface area contributed by atoms with Crippen LogP contribution in [-0.2, 0) is 12.3 Å². The van der Waals surface area contributed by atoms with Crippen LogP contribution in [0.4, 0.5) is 0 Å². The van der Waals surface area contributed by atoms with Crippen molar-refractivity contribution in [2.45, 2.75) is 26.1 Å². The van der Waals surface area contributed by atoms with Gasteiger partial charge in [0.25, 0.3) is 5.91 Å². The molecule has 0 aromatic heterocycles. The van der Waals surface area contributed by atoms with Crippen LogP contribution in [-0.4, -0.2) is 49.7 Å². The Hall–Kier alpha value is -2.47. The maximum atomic E-state index is 12.0. The Morgan fingerprint density at radius 1 is 1.00 bits per heavy atom. The molecule has 0 bridgehead atoms. The molecular formula is C23H32N4OS. The second kappa shape index (κ2) is 12.2. The fourth-order valence-corrected chi connectivity index (χ4v) is 3.46. The Labute approximate surface area is 179 Å². The minimum absolute atomic E-state index is 0.0122. The Balaban J connectivity index is 1.78. The summed E-state index contributed by atoms with van der Waals surface area (Å²) < 4.78 is 0. The van der Waals surface area contributed by atoms with Crippen LogP contribution in [0.1, 0.15) is 34.0 Å². The molecule has 0 aliphatic carbocycles. The molecule has 0 unspecified atom stereocenters. The fourth-order valence-electron chi connectivity index (χ4n) is 2.64. The van der Waals surface area contributed by atoms with Gasteiger partial charge in [-0.15, -0.1) is 0 Å². The second-order valence-electron chi connectivity index (χ2n) is 7.06. The summed E-state index contributed by atoms with van der Waals surface area (Å²) in [6.45, 7) is 6.42. The molecular weight excluding hydrogens is 380 g/mol. The molecule has 2 aromatic rings. The summed E-state index contributed by atoms with van der Waals surface area (Å²) in [5.74, 6) is 2.86. The first kappa shape index (κ1) is 22.8. The van der Waals surface area contributed by atoms with Crippen LogP contribution in [0.15, 0.2) is 53.5 Å².